The van der Waals surface area contributed by atoms with Crippen molar-refractivity contribution in [2.45, 2.75) is 54.0 Å². The van der Waals surface area contributed by atoms with Gasteiger partial charge in [0.05, 0.1) is 11.8 Å². The summed E-state index contributed by atoms with van der Waals surface area (Å²) >= 11 is 0. The summed E-state index contributed by atoms with van der Waals surface area (Å²) in [7, 11) is 0. The number of phenols is 2. The molecule has 0 aliphatic rings. The van der Waals surface area contributed by atoms with Crippen molar-refractivity contribution >= 4 is 35.1 Å². The molecule has 0 radical (unpaired) electrons. The SMILES string of the molecule is CC(C)C(=O)O.CC(C)C(=O)O.CC(C)NCCc1cccc2c(O)c(O)ccc12.Cl. The first-order valence-electron chi connectivity index (χ1n) is 9.99. The fourth-order valence-electron chi connectivity index (χ4n) is 2.11. The molecule has 0 aliphatic heterocycles. The van der Waals surface area contributed by atoms with E-state index in [1.165, 1.54) is 11.6 Å². The number of carboxylic acids is 2. The predicted molar refractivity (Wildman–Crippen MR) is 126 cm³/mol. The molecule has 0 bridgehead atoms. The normalized spacial score (nSPS) is 10.1. The highest BCUT2D eigenvalue weighted by Gasteiger charge is 2.08. The van der Waals surface area contributed by atoms with E-state index in [4.69, 9.17) is 10.2 Å². The van der Waals surface area contributed by atoms with Crippen molar-refractivity contribution in [3.05, 3.63) is 35.9 Å². The van der Waals surface area contributed by atoms with Gasteiger partial charge in [-0.05, 0) is 30.0 Å². The standard InChI is InChI=1S/C15H19NO2.2C4H8O2.ClH/c1-10(2)16-9-8-11-4-3-5-13-12(11)6-7-14(17)15(13)18;2*1-3(2)4(5)6;/h3-7,10,16-18H,8-9H2,1-2H3;2*3H,1-2H3,(H,5,6);1H. The monoisotopic (exact) mass is 457 g/mol. The summed E-state index contributed by atoms with van der Waals surface area (Å²) in [6.07, 6.45) is 0.903. The molecule has 31 heavy (non-hydrogen) atoms. The van der Waals surface area contributed by atoms with E-state index in [-0.39, 0.29) is 35.7 Å². The van der Waals surface area contributed by atoms with Crippen molar-refractivity contribution in [2.24, 2.45) is 11.8 Å². The van der Waals surface area contributed by atoms with Crippen LogP contribution in [-0.4, -0.2) is 45.0 Å². The first-order chi connectivity index (χ1) is 13.9. The van der Waals surface area contributed by atoms with Crippen LogP contribution in [0.1, 0.15) is 47.1 Å². The van der Waals surface area contributed by atoms with Gasteiger partial charge in [0.1, 0.15) is 0 Å². The number of aromatic hydroxyl groups is 2. The van der Waals surface area contributed by atoms with Gasteiger partial charge in [-0.1, -0.05) is 65.8 Å². The van der Waals surface area contributed by atoms with Gasteiger partial charge in [-0.15, -0.1) is 12.4 Å². The Kier molecular flexibility index (Phi) is 15.2. The summed E-state index contributed by atoms with van der Waals surface area (Å²) < 4.78 is 0. The topological polar surface area (TPSA) is 127 Å². The number of aliphatic carboxylic acids is 2. The predicted octanol–water partition coefficient (Wildman–Crippen LogP) is 4.67. The number of halogens is 1. The number of phenolic OH excluding ortho intramolecular Hbond substituents is 2. The highest BCUT2D eigenvalue weighted by atomic mass is 35.5. The van der Waals surface area contributed by atoms with Gasteiger partial charge in [0.2, 0.25) is 0 Å². The summed E-state index contributed by atoms with van der Waals surface area (Å²) in [6.45, 7) is 11.7. The number of hydrogen-bond donors (Lipinski definition) is 5. The van der Waals surface area contributed by atoms with Crippen molar-refractivity contribution in [1.29, 1.82) is 0 Å². The van der Waals surface area contributed by atoms with E-state index in [9.17, 15) is 19.8 Å². The van der Waals surface area contributed by atoms with Crippen LogP contribution in [0.2, 0.25) is 0 Å². The van der Waals surface area contributed by atoms with Crippen LogP contribution in [0.5, 0.6) is 11.5 Å². The van der Waals surface area contributed by atoms with Crippen LogP contribution in [0.4, 0.5) is 0 Å². The second kappa shape index (κ2) is 15.3. The fourth-order valence-corrected chi connectivity index (χ4v) is 2.11. The lowest BCUT2D eigenvalue weighted by Gasteiger charge is -2.11. The Morgan fingerprint density at radius 3 is 1.74 bits per heavy atom. The lowest BCUT2D eigenvalue weighted by atomic mass is 10.0. The molecular formula is C23H36ClNO6. The number of fused-ring (bicyclic) bond motifs is 1. The lowest BCUT2D eigenvalue weighted by molar-refractivity contribution is -0.141. The molecule has 7 nitrogen and oxygen atoms in total. The highest BCUT2D eigenvalue weighted by molar-refractivity contribution is 5.92. The third kappa shape index (κ3) is 12.1. The van der Waals surface area contributed by atoms with Crippen LogP contribution in [0, 0.1) is 11.8 Å². The molecule has 0 aliphatic carbocycles. The Balaban J connectivity index is 0. The number of carbonyl (C=O) groups is 2. The Labute approximate surface area is 190 Å². The molecule has 5 N–H and O–H groups in total. The minimum absolute atomic E-state index is 0. The van der Waals surface area contributed by atoms with Crippen LogP contribution in [0.15, 0.2) is 30.3 Å². The van der Waals surface area contributed by atoms with Gasteiger partial charge in [-0.25, -0.2) is 0 Å². The molecule has 0 amide bonds. The summed E-state index contributed by atoms with van der Waals surface area (Å²) in [5.41, 5.74) is 1.18. The van der Waals surface area contributed by atoms with Gasteiger partial charge in [0.25, 0.3) is 0 Å². The van der Waals surface area contributed by atoms with E-state index in [1.807, 2.05) is 18.2 Å². The molecule has 0 saturated heterocycles. The number of hydrogen-bond acceptors (Lipinski definition) is 5. The molecule has 0 fully saturated rings. The van der Waals surface area contributed by atoms with Crippen molar-refractivity contribution in [1.82, 2.24) is 5.32 Å². The quantitative estimate of drug-likeness (QED) is 0.399. The smallest absolute Gasteiger partial charge is 0.305 e. The lowest BCUT2D eigenvalue weighted by Crippen LogP contribution is -2.24. The second-order valence-electron chi connectivity index (χ2n) is 7.79. The third-order valence-corrected chi connectivity index (χ3v) is 4.04. The Morgan fingerprint density at radius 2 is 1.32 bits per heavy atom. The number of rotatable bonds is 6. The molecule has 0 heterocycles. The summed E-state index contributed by atoms with van der Waals surface area (Å²) in [5, 5.41) is 40.4. The highest BCUT2D eigenvalue weighted by Crippen LogP contribution is 2.34. The molecule has 0 unspecified atom stereocenters. The molecule has 0 aromatic heterocycles. The Bertz CT molecular complexity index is 803. The fraction of sp³-hybridized carbons (Fsp3) is 0.478. The Hall–Kier alpha value is -2.51. The van der Waals surface area contributed by atoms with E-state index in [2.05, 4.69) is 25.2 Å². The van der Waals surface area contributed by atoms with Crippen LogP contribution >= 0.6 is 12.4 Å². The van der Waals surface area contributed by atoms with Crippen molar-refractivity contribution < 1.29 is 30.0 Å². The number of benzene rings is 2. The van der Waals surface area contributed by atoms with Gasteiger partial charge in [0, 0.05) is 11.4 Å². The minimum atomic E-state index is -0.741. The first kappa shape index (κ1) is 30.7. The van der Waals surface area contributed by atoms with Gasteiger partial charge >= 0.3 is 11.9 Å². The van der Waals surface area contributed by atoms with Gasteiger partial charge in [-0.3, -0.25) is 9.59 Å². The number of carboxylic acid groups (broad SMARTS) is 2. The molecule has 176 valence electrons. The van der Waals surface area contributed by atoms with E-state index >= 15 is 0 Å². The molecule has 0 atom stereocenters. The largest absolute Gasteiger partial charge is 0.504 e. The van der Waals surface area contributed by atoms with Crippen molar-refractivity contribution in [2.75, 3.05) is 6.54 Å². The van der Waals surface area contributed by atoms with Gasteiger partial charge in [-0.2, -0.15) is 0 Å². The average Bonchev–Trinajstić information content (AvgIpc) is 2.65. The van der Waals surface area contributed by atoms with E-state index in [0.717, 1.165) is 18.4 Å². The number of nitrogens with one attached hydrogen (secondary N) is 1. The van der Waals surface area contributed by atoms with Crippen LogP contribution < -0.4 is 5.32 Å². The molecular weight excluding hydrogens is 422 g/mol. The maximum absolute atomic E-state index is 9.83. The van der Waals surface area contributed by atoms with Crippen LogP contribution in [-0.2, 0) is 16.0 Å². The maximum Gasteiger partial charge on any atom is 0.305 e. The van der Waals surface area contributed by atoms with Gasteiger partial charge in [0.15, 0.2) is 11.5 Å². The summed E-state index contributed by atoms with van der Waals surface area (Å²) in [4.78, 5) is 19.4. The van der Waals surface area contributed by atoms with Crippen molar-refractivity contribution in [3.8, 4) is 11.5 Å². The summed E-state index contributed by atoms with van der Waals surface area (Å²) in [5.74, 6) is -2.05. The third-order valence-electron chi connectivity index (χ3n) is 4.04. The van der Waals surface area contributed by atoms with E-state index in [0.29, 0.717) is 11.4 Å². The van der Waals surface area contributed by atoms with E-state index < -0.39 is 11.9 Å². The zero-order valence-electron chi connectivity index (χ0n) is 19.0. The molecule has 2 aromatic carbocycles. The molecule has 2 rings (SSSR count). The minimum Gasteiger partial charge on any atom is -0.504 e. The van der Waals surface area contributed by atoms with Crippen LogP contribution in [0.3, 0.4) is 0 Å². The van der Waals surface area contributed by atoms with Crippen LogP contribution in [0.25, 0.3) is 10.8 Å². The molecule has 0 spiro atoms. The molecule has 0 saturated carbocycles. The molecule has 2 aromatic rings. The van der Waals surface area contributed by atoms with E-state index in [1.54, 1.807) is 27.7 Å². The van der Waals surface area contributed by atoms with Gasteiger partial charge < -0.3 is 25.7 Å². The zero-order chi connectivity index (χ0) is 23.4. The molecule has 8 heteroatoms. The first-order valence-corrected chi connectivity index (χ1v) is 9.99. The zero-order valence-corrected chi connectivity index (χ0v) is 19.9. The summed E-state index contributed by atoms with van der Waals surface area (Å²) in [6, 6.07) is 9.65. The van der Waals surface area contributed by atoms with Crippen molar-refractivity contribution in [3.63, 3.8) is 0 Å². The average molecular weight is 458 g/mol. The Morgan fingerprint density at radius 1 is 0.839 bits per heavy atom. The maximum atomic E-state index is 9.83. The second-order valence-corrected chi connectivity index (χ2v) is 7.79.